The van der Waals surface area contributed by atoms with Gasteiger partial charge in [0.05, 0.1) is 18.6 Å². The van der Waals surface area contributed by atoms with Gasteiger partial charge in [0.25, 0.3) is 0 Å². The lowest BCUT2D eigenvalue weighted by molar-refractivity contribution is -0.150. The maximum Gasteiger partial charge on any atom is 0.308 e. The molecule has 0 aromatic carbocycles. The second kappa shape index (κ2) is 4.09. The van der Waals surface area contributed by atoms with E-state index in [9.17, 15) is 9.90 Å². The topological polar surface area (TPSA) is 46.5 Å². The van der Waals surface area contributed by atoms with Gasteiger partial charge in [-0.1, -0.05) is 13.3 Å². The summed E-state index contributed by atoms with van der Waals surface area (Å²) in [7, 11) is 0. The number of ether oxygens (including phenoxy) is 1. The van der Waals surface area contributed by atoms with Crippen molar-refractivity contribution in [2.24, 2.45) is 5.92 Å². The zero-order valence-electron chi connectivity index (χ0n) is 8.38. The second-order valence-corrected chi connectivity index (χ2v) is 3.88. The molecule has 0 aromatic heterocycles. The van der Waals surface area contributed by atoms with Crippen molar-refractivity contribution in [3.05, 3.63) is 0 Å². The van der Waals surface area contributed by atoms with Gasteiger partial charge in [0, 0.05) is 0 Å². The molecular weight excluding hydrogens is 168 g/mol. The number of hydrogen-bond donors (Lipinski definition) is 1. The molecule has 2 atom stereocenters. The van der Waals surface area contributed by atoms with Crippen LogP contribution >= 0.6 is 0 Å². The average molecular weight is 186 g/mol. The summed E-state index contributed by atoms with van der Waals surface area (Å²) in [5.74, 6) is -0.0596. The Balaban J connectivity index is 2.46. The van der Waals surface area contributed by atoms with Crippen LogP contribution in [0, 0.1) is 5.92 Å². The molecular formula is C10H18O3. The van der Waals surface area contributed by atoms with Crippen molar-refractivity contribution >= 4 is 5.97 Å². The quantitative estimate of drug-likeness (QED) is 0.679. The first-order valence-electron chi connectivity index (χ1n) is 4.96. The molecule has 0 aromatic rings. The molecule has 0 heterocycles. The highest BCUT2D eigenvalue weighted by molar-refractivity contribution is 5.70. The summed E-state index contributed by atoms with van der Waals surface area (Å²) < 4.78 is 4.82. The van der Waals surface area contributed by atoms with Gasteiger partial charge in [0.1, 0.15) is 0 Å². The van der Waals surface area contributed by atoms with E-state index >= 15 is 0 Å². The number of aliphatic hydroxyl groups is 1. The van der Waals surface area contributed by atoms with Crippen molar-refractivity contribution in [2.45, 2.75) is 45.1 Å². The van der Waals surface area contributed by atoms with Crippen LogP contribution in [0.25, 0.3) is 0 Å². The van der Waals surface area contributed by atoms with E-state index < -0.39 is 5.60 Å². The Labute approximate surface area is 79.1 Å². The summed E-state index contributed by atoms with van der Waals surface area (Å²) >= 11 is 0. The molecule has 0 amide bonds. The van der Waals surface area contributed by atoms with Crippen LogP contribution in [0.4, 0.5) is 0 Å². The summed E-state index contributed by atoms with van der Waals surface area (Å²) in [5, 5.41) is 10.1. The highest BCUT2D eigenvalue weighted by atomic mass is 16.5. The fourth-order valence-corrected chi connectivity index (χ4v) is 1.95. The minimum atomic E-state index is -0.799. The molecule has 1 fully saturated rings. The first-order valence-corrected chi connectivity index (χ1v) is 4.96. The third-order valence-corrected chi connectivity index (χ3v) is 2.92. The SMILES string of the molecule is CCOC(=O)CC1(O)CCCC1C. The Kier molecular flexibility index (Phi) is 3.31. The summed E-state index contributed by atoms with van der Waals surface area (Å²) in [6, 6.07) is 0. The van der Waals surface area contributed by atoms with Crippen molar-refractivity contribution in [1.82, 2.24) is 0 Å². The second-order valence-electron chi connectivity index (χ2n) is 3.88. The van der Waals surface area contributed by atoms with Crippen LogP contribution in [0.2, 0.25) is 0 Å². The molecule has 13 heavy (non-hydrogen) atoms. The maximum atomic E-state index is 11.2. The van der Waals surface area contributed by atoms with E-state index in [1.165, 1.54) is 0 Å². The first kappa shape index (κ1) is 10.5. The predicted octanol–water partition coefficient (Wildman–Crippen LogP) is 1.49. The van der Waals surface area contributed by atoms with Crippen LogP contribution in [0.5, 0.6) is 0 Å². The van der Waals surface area contributed by atoms with E-state index in [0.717, 1.165) is 19.3 Å². The fraction of sp³-hybridized carbons (Fsp3) is 0.900. The molecule has 1 aliphatic rings. The summed E-state index contributed by atoms with van der Waals surface area (Å²) in [6.45, 7) is 4.16. The van der Waals surface area contributed by atoms with Gasteiger partial charge in [-0.2, -0.15) is 0 Å². The molecule has 0 saturated heterocycles. The molecule has 2 unspecified atom stereocenters. The van der Waals surface area contributed by atoms with Crippen molar-refractivity contribution in [1.29, 1.82) is 0 Å². The standard InChI is InChI=1S/C10H18O3/c1-3-13-9(11)7-10(12)6-4-5-8(10)2/h8,12H,3-7H2,1-2H3. The van der Waals surface area contributed by atoms with Crippen molar-refractivity contribution in [2.75, 3.05) is 6.61 Å². The van der Waals surface area contributed by atoms with Crippen molar-refractivity contribution in [3.8, 4) is 0 Å². The normalized spacial score (nSPS) is 33.3. The lowest BCUT2D eigenvalue weighted by Crippen LogP contribution is -2.34. The summed E-state index contributed by atoms with van der Waals surface area (Å²) in [6.07, 6.45) is 2.90. The van der Waals surface area contributed by atoms with Crippen molar-refractivity contribution < 1.29 is 14.6 Å². The molecule has 1 rings (SSSR count). The van der Waals surface area contributed by atoms with Crippen LogP contribution in [0.1, 0.15) is 39.5 Å². The molecule has 3 heteroatoms. The number of carbonyl (C=O) groups excluding carboxylic acids is 1. The maximum absolute atomic E-state index is 11.2. The Morgan fingerprint density at radius 3 is 2.85 bits per heavy atom. The van der Waals surface area contributed by atoms with Gasteiger partial charge < -0.3 is 9.84 Å². The van der Waals surface area contributed by atoms with Gasteiger partial charge >= 0.3 is 5.97 Å². The van der Waals surface area contributed by atoms with E-state index in [1.54, 1.807) is 6.92 Å². The third kappa shape index (κ3) is 2.44. The first-order chi connectivity index (χ1) is 6.08. The van der Waals surface area contributed by atoms with Gasteiger partial charge in [0.2, 0.25) is 0 Å². The smallest absolute Gasteiger partial charge is 0.308 e. The van der Waals surface area contributed by atoms with E-state index in [-0.39, 0.29) is 18.3 Å². The van der Waals surface area contributed by atoms with Gasteiger partial charge in [-0.05, 0) is 25.7 Å². The lowest BCUT2D eigenvalue weighted by atomic mass is 9.89. The molecule has 0 spiro atoms. The van der Waals surface area contributed by atoms with Crippen LogP contribution in [0.3, 0.4) is 0 Å². The predicted molar refractivity (Wildman–Crippen MR) is 49.2 cm³/mol. The van der Waals surface area contributed by atoms with Crippen LogP contribution in [-0.4, -0.2) is 23.3 Å². The van der Waals surface area contributed by atoms with Crippen LogP contribution < -0.4 is 0 Å². The van der Waals surface area contributed by atoms with E-state index in [2.05, 4.69) is 0 Å². The van der Waals surface area contributed by atoms with Crippen LogP contribution in [0.15, 0.2) is 0 Å². The average Bonchev–Trinajstić information content (AvgIpc) is 2.32. The van der Waals surface area contributed by atoms with Gasteiger partial charge in [-0.25, -0.2) is 0 Å². The Hall–Kier alpha value is -0.570. The van der Waals surface area contributed by atoms with E-state index in [1.807, 2.05) is 6.92 Å². The molecule has 0 radical (unpaired) electrons. The van der Waals surface area contributed by atoms with Gasteiger partial charge in [0.15, 0.2) is 0 Å². The molecule has 0 bridgehead atoms. The molecule has 1 saturated carbocycles. The lowest BCUT2D eigenvalue weighted by Gasteiger charge is -2.26. The number of esters is 1. The number of rotatable bonds is 3. The third-order valence-electron chi connectivity index (χ3n) is 2.92. The van der Waals surface area contributed by atoms with E-state index in [4.69, 9.17) is 4.74 Å². The molecule has 76 valence electrons. The molecule has 3 nitrogen and oxygen atoms in total. The summed E-state index contributed by atoms with van der Waals surface area (Å²) in [4.78, 5) is 11.2. The Morgan fingerprint density at radius 1 is 1.69 bits per heavy atom. The van der Waals surface area contributed by atoms with Gasteiger partial charge in [-0.3, -0.25) is 4.79 Å². The largest absolute Gasteiger partial charge is 0.466 e. The Morgan fingerprint density at radius 2 is 2.38 bits per heavy atom. The zero-order valence-corrected chi connectivity index (χ0v) is 8.38. The van der Waals surface area contributed by atoms with Crippen molar-refractivity contribution in [3.63, 3.8) is 0 Å². The van der Waals surface area contributed by atoms with Gasteiger partial charge in [-0.15, -0.1) is 0 Å². The monoisotopic (exact) mass is 186 g/mol. The van der Waals surface area contributed by atoms with Crippen LogP contribution in [-0.2, 0) is 9.53 Å². The Bertz CT molecular complexity index is 191. The minimum absolute atomic E-state index is 0.155. The number of hydrogen-bond acceptors (Lipinski definition) is 3. The molecule has 0 aliphatic heterocycles. The molecule has 1 N–H and O–H groups in total. The highest BCUT2D eigenvalue weighted by Gasteiger charge is 2.40. The highest BCUT2D eigenvalue weighted by Crippen LogP contribution is 2.37. The fourth-order valence-electron chi connectivity index (χ4n) is 1.95. The molecule has 1 aliphatic carbocycles. The summed E-state index contributed by atoms with van der Waals surface area (Å²) in [5.41, 5.74) is -0.799. The minimum Gasteiger partial charge on any atom is -0.466 e. The van der Waals surface area contributed by atoms with E-state index in [0.29, 0.717) is 6.61 Å². The number of carbonyl (C=O) groups is 1. The zero-order chi connectivity index (χ0) is 9.90.